The van der Waals surface area contributed by atoms with Gasteiger partial charge < -0.3 is 14.6 Å². The van der Waals surface area contributed by atoms with Gasteiger partial charge in [-0.15, -0.1) is 0 Å². The predicted octanol–water partition coefficient (Wildman–Crippen LogP) is 2.52. The largest absolute Gasteiger partial charge is 0.497 e. The van der Waals surface area contributed by atoms with Crippen LogP contribution in [0, 0.1) is 13.8 Å². The molecular formula is C17H18ClN5O3. The maximum Gasteiger partial charge on any atom is 0.316 e. The number of nitrogens with zero attached hydrogens (tertiary/aromatic N) is 4. The molecule has 8 nitrogen and oxygen atoms in total. The fourth-order valence-corrected chi connectivity index (χ4v) is 2.51. The standard InChI is InChI=1S/C17H18ClN5O3/c1-10-15(18)11(2)23(21-10)9-14-20-17(26-22-14)16(24)19-8-12-4-6-13(25-3)7-5-12/h4-7H,8-9H2,1-3H3,(H,19,24). The molecule has 2 aromatic heterocycles. The van der Waals surface area contributed by atoms with Crippen molar-refractivity contribution in [2.24, 2.45) is 0 Å². The molecule has 0 aliphatic rings. The summed E-state index contributed by atoms with van der Waals surface area (Å²) in [5, 5.41) is 11.5. The molecule has 0 bridgehead atoms. The number of nitrogens with one attached hydrogen (secondary N) is 1. The molecule has 0 aliphatic carbocycles. The first-order valence-electron chi connectivity index (χ1n) is 7.91. The lowest BCUT2D eigenvalue weighted by Gasteiger charge is -2.04. The smallest absolute Gasteiger partial charge is 0.316 e. The number of benzene rings is 1. The number of carbonyl (C=O) groups excluding carboxylic acids is 1. The van der Waals surface area contributed by atoms with Gasteiger partial charge in [0.05, 0.1) is 23.5 Å². The molecule has 0 aliphatic heterocycles. The Morgan fingerprint density at radius 1 is 1.31 bits per heavy atom. The average molecular weight is 376 g/mol. The lowest BCUT2D eigenvalue weighted by Crippen LogP contribution is -2.23. The average Bonchev–Trinajstić information content (AvgIpc) is 3.21. The second-order valence-corrected chi connectivity index (χ2v) is 6.07. The predicted molar refractivity (Wildman–Crippen MR) is 94.3 cm³/mol. The van der Waals surface area contributed by atoms with Crippen LogP contribution in [-0.2, 0) is 13.1 Å². The molecule has 3 aromatic rings. The number of aromatic nitrogens is 4. The van der Waals surface area contributed by atoms with Crippen molar-refractivity contribution >= 4 is 17.5 Å². The van der Waals surface area contributed by atoms with Gasteiger partial charge in [-0.3, -0.25) is 9.48 Å². The first-order valence-corrected chi connectivity index (χ1v) is 8.29. The summed E-state index contributed by atoms with van der Waals surface area (Å²) in [5.41, 5.74) is 2.46. The molecule has 136 valence electrons. The van der Waals surface area contributed by atoms with E-state index in [1.54, 1.807) is 11.8 Å². The van der Waals surface area contributed by atoms with Crippen LogP contribution in [0.4, 0.5) is 0 Å². The van der Waals surface area contributed by atoms with E-state index in [0.717, 1.165) is 22.7 Å². The van der Waals surface area contributed by atoms with E-state index in [2.05, 4.69) is 20.6 Å². The number of amides is 1. The first kappa shape index (κ1) is 17.9. The van der Waals surface area contributed by atoms with Crippen LogP contribution in [0.3, 0.4) is 0 Å². The third kappa shape index (κ3) is 3.85. The topological polar surface area (TPSA) is 95.1 Å². The summed E-state index contributed by atoms with van der Waals surface area (Å²) >= 11 is 6.12. The zero-order chi connectivity index (χ0) is 18.7. The number of methoxy groups -OCH3 is 1. The van der Waals surface area contributed by atoms with Gasteiger partial charge in [-0.25, -0.2) is 0 Å². The molecule has 0 unspecified atom stereocenters. The Balaban J connectivity index is 1.61. The summed E-state index contributed by atoms with van der Waals surface area (Å²) in [6.07, 6.45) is 0. The minimum atomic E-state index is -0.439. The molecule has 0 spiro atoms. The number of hydrogen-bond acceptors (Lipinski definition) is 6. The van der Waals surface area contributed by atoms with Crippen LogP contribution < -0.4 is 10.1 Å². The van der Waals surface area contributed by atoms with E-state index in [9.17, 15) is 4.79 Å². The normalized spacial score (nSPS) is 10.8. The maximum atomic E-state index is 12.2. The molecule has 2 heterocycles. The van der Waals surface area contributed by atoms with Gasteiger partial charge in [0.25, 0.3) is 0 Å². The number of carbonyl (C=O) groups is 1. The first-order chi connectivity index (χ1) is 12.5. The number of hydrogen-bond donors (Lipinski definition) is 1. The Morgan fingerprint density at radius 3 is 2.65 bits per heavy atom. The van der Waals surface area contributed by atoms with E-state index < -0.39 is 5.91 Å². The molecule has 26 heavy (non-hydrogen) atoms. The fraction of sp³-hybridized carbons (Fsp3) is 0.294. The van der Waals surface area contributed by atoms with Gasteiger partial charge >= 0.3 is 11.8 Å². The minimum absolute atomic E-state index is 0.0962. The number of halogens is 1. The van der Waals surface area contributed by atoms with Crippen LogP contribution in [0.25, 0.3) is 0 Å². The lowest BCUT2D eigenvalue weighted by atomic mass is 10.2. The monoisotopic (exact) mass is 375 g/mol. The fourth-order valence-electron chi connectivity index (χ4n) is 2.37. The van der Waals surface area contributed by atoms with Crippen molar-refractivity contribution < 1.29 is 14.1 Å². The highest BCUT2D eigenvalue weighted by atomic mass is 35.5. The van der Waals surface area contributed by atoms with Crippen molar-refractivity contribution in [1.82, 2.24) is 25.2 Å². The maximum absolute atomic E-state index is 12.2. The highest BCUT2D eigenvalue weighted by molar-refractivity contribution is 6.31. The van der Waals surface area contributed by atoms with Crippen LogP contribution >= 0.6 is 11.6 Å². The van der Waals surface area contributed by atoms with Crippen molar-refractivity contribution in [1.29, 1.82) is 0 Å². The summed E-state index contributed by atoms with van der Waals surface area (Å²) in [6.45, 7) is 4.28. The van der Waals surface area contributed by atoms with E-state index >= 15 is 0 Å². The third-order valence-electron chi connectivity index (χ3n) is 3.86. The molecule has 0 saturated carbocycles. The quantitative estimate of drug-likeness (QED) is 0.711. The molecule has 3 rings (SSSR count). The molecule has 0 fully saturated rings. The molecule has 1 amide bonds. The summed E-state index contributed by atoms with van der Waals surface area (Å²) in [4.78, 5) is 16.3. The zero-order valence-corrected chi connectivity index (χ0v) is 15.4. The summed E-state index contributed by atoms with van der Waals surface area (Å²) in [6, 6.07) is 7.38. The van der Waals surface area contributed by atoms with E-state index in [1.807, 2.05) is 38.1 Å². The molecule has 0 saturated heterocycles. The van der Waals surface area contributed by atoms with Crippen molar-refractivity contribution in [3.05, 3.63) is 58.0 Å². The number of ether oxygens (including phenoxy) is 1. The van der Waals surface area contributed by atoms with Crippen LogP contribution in [0.15, 0.2) is 28.8 Å². The van der Waals surface area contributed by atoms with E-state index in [0.29, 0.717) is 17.4 Å². The highest BCUT2D eigenvalue weighted by Gasteiger charge is 2.17. The molecule has 9 heteroatoms. The van der Waals surface area contributed by atoms with Gasteiger partial charge in [-0.1, -0.05) is 28.9 Å². The third-order valence-corrected chi connectivity index (χ3v) is 4.41. The summed E-state index contributed by atoms with van der Waals surface area (Å²) < 4.78 is 11.8. The van der Waals surface area contributed by atoms with E-state index in [-0.39, 0.29) is 12.4 Å². The Kier molecular flexibility index (Phi) is 5.22. The Hall–Kier alpha value is -2.87. The molecular weight excluding hydrogens is 358 g/mol. The lowest BCUT2D eigenvalue weighted by molar-refractivity contribution is 0.0907. The Morgan fingerprint density at radius 2 is 2.04 bits per heavy atom. The highest BCUT2D eigenvalue weighted by Crippen LogP contribution is 2.19. The Bertz CT molecular complexity index is 917. The SMILES string of the molecule is COc1ccc(CNC(=O)c2nc(Cn3nc(C)c(Cl)c3C)no2)cc1. The van der Waals surface area contributed by atoms with Crippen LogP contribution in [0.5, 0.6) is 5.75 Å². The Labute approximate surface area is 155 Å². The van der Waals surface area contributed by atoms with Crippen LogP contribution in [-0.4, -0.2) is 32.9 Å². The van der Waals surface area contributed by atoms with E-state index in [4.69, 9.17) is 20.9 Å². The second kappa shape index (κ2) is 7.57. The number of aryl methyl sites for hydroxylation is 1. The van der Waals surface area contributed by atoms with Crippen molar-refractivity contribution in [2.45, 2.75) is 26.9 Å². The van der Waals surface area contributed by atoms with Crippen molar-refractivity contribution in [3.8, 4) is 5.75 Å². The summed E-state index contributed by atoms with van der Waals surface area (Å²) in [5.74, 6) is 0.569. The van der Waals surface area contributed by atoms with Crippen molar-refractivity contribution in [2.75, 3.05) is 7.11 Å². The molecule has 1 N–H and O–H groups in total. The van der Waals surface area contributed by atoms with E-state index in [1.165, 1.54) is 0 Å². The molecule has 0 radical (unpaired) electrons. The van der Waals surface area contributed by atoms with Crippen molar-refractivity contribution in [3.63, 3.8) is 0 Å². The van der Waals surface area contributed by atoms with Gasteiger partial charge in [0.15, 0.2) is 5.82 Å². The van der Waals surface area contributed by atoms with Gasteiger partial charge in [0, 0.05) is 6.54 Å². The zero-order valence-electron chi connectivity index (χ0n) is 14.6. The minimum Gasteiger partial charge on any atom is -0.497 e. The summed E-state index contributed by atoms with van der Waals surface area (Å²) in [7, 11) is 1.60. The molecule has 0 atom stereocenters. The number of rotatable bonds is 6. The molecule has 1 aromatic carbocycles. The van der Waals surface area contributed by atoms with Gasteiger partial charge in [0.2, 0.25) is 0 Å². The van der Waals surface area contributed by atoms with Gasteiger partial charge in [0.1, 0.15) is 12.3 Å². The van der Waals surface area contributed by atoms with Gasteiger partial charge in [-0.05, 0) is 31.5 Å². The van der Waals surface area contributed by atoms with Crippen LogP contribution in [0.2, 0.25) is 5.02 Å². The van der Waals surface area contributed by atoms with Crippen LogP contribution in [0.1, 0.15) is 33.5 Å². The second-order valence-electron chi connectivity index (χ2n) is 5.69. The van der Waals surface area contributed by atoms with Gasteiger partial charge in [-0.2, -0.15) is 10.1 Å².